The van der Waals surface area contributed by atoms with Gasteiger partial charge >= 0.3 is 0 Å². The van der Waals surface area contributed by atoms with Crippen molar-refractivity contribution in [1.82, 2.24) is 4.90 Å². The molecule has 0 spiro atoms. The van der Waals surface area contributed by atoms with E-state index in [1.807, 2.05) is 57.2 Å². The molecule has 0 saturated carbocycles. The number of aryl methyl sites for hydroxylation is 3. The summed E-state index contributed by atoms with van der Waals surface area (Å²) in [6.07, 6.45) is 10.9. The summed E-state index contributed by atoms with van der Waals surface area (Å²) in [6.45, 7) is 18.9. The van der Waals surface area contributed by atoms with Crippen molar-refractivity contribution in [3.05, 3.63) is 63.7 Å². The molecule has 1 unspecified atom stereocenters. The van der Waals surface area contributed by atoms with Crippen molar-refractivity contribution in [1.29, 1.82) is 0 Å². The minimum atomic E-state index is 0.0759. The van der Waals surface area contributed by atoms with Crippen LogP contribution in [-0.4, -0.2) is 66.9 Å². The second kappa shape index (κ2) is 19.9. The first-order chi connectivity index (χ1) is 20.6. The number of ketones is 1. The average molecular weight is 613 g/mol. The molecule has 2 aromatic carbocycles. The monoisotopic (exact) mass is 612 g/mol. The van der Waals surface area contributed by atoms with Gasteiger partial charge in [-0.2, -0.15) is 0 Å². The Kier molecular flexibility index (Phi) is 17.2. The predicted molar refractivity (Wildman–Crippen MR) is 184 cm³/mol. The number of para-hydroxylation sites is 1. The molecule has 0 aliphatic carbocycles. The summed E-state index contributed by atoms with van der Waals surface area (Å²) >= 11 is 6.43. The van der Waals surface area contributed by atoms with Crippen LogP contribution in [0.2, 0.25) is 5.02 Å². The third-order valence-corrected chi connectivity index (χ3v) is 9.26. The lowest BCUT2D eigenvalue weighted by Crippen LogP contribution is -2.52. The maximum absolute atomic E-state index is 13.2. The van der Waals surface area contributed by atoms with Crippen LogP contribution in [-0.2, 0) is 16.0 Å². The molecule has 1 atom stereocenters. The van der Waals surface area contributed by atoms with E-state index in [-0.39, 0.29) is 5.91 Å². The normalized spacial score (nSPS) is 12.8. The number of Topliss-reactive ketones (excluding diaryl/α,β-unsaturated/α-hetero) is 1. The summed E-state index contributed by atoms with van der Waals surface area (Å²) < 4.78 is 0.895. The lowest BCUT2D eigenvalue weighted by molar-refractivity contribution is -0.919. The van der Waals surface area contributed by atoms with Gasteiger partial charge in [-0.15, -0.1) is 0 Å². The Morgan fingerprint density at radius 2 is 1.37 bits per heavy atom. The van der Waals surface area contributed by atoms with Crippen molar-refractivity contribution in [3.8, 4) is 0 Å². The molecule has 0 radical (unpaired) electrons. The Bertz CT molecular complexity index is 1090. The lowest BCUT2D eigenvalue weighted by atomic mass is 10.0. The number of nitrogens with one attached hydrogen (secondary N) is 1. The fourth-order valence-electron chi connectivity index (χ4n) is 6.18. The van der Waals surface area contributed by atoms with Crippen LogP contribution in [0.1, 0.15) is 101 Å². The van der Waals surface area contributed by atoms with Gasteiger partial charge in [0.15, 0.2) is 5.78 Å². The molecule has 0 heterocycles. The summed E-state index contributed by atoms with van der Waals surface area (Å²) in [7, 11) is 0. The second-order valence-electron chi connectivity index (χ2n) is 12.6. The third kappa shape index (κ3) is 13.1. The molecule has 1 N–H and O–H groups in total. The van der Waals surface area contributed by atoms with Gasteiger partial charge in [0.2, 0.25) is 5.91 Å². The van der Waals surface area contributed by atoms with E-state index in [1.165, 1.54) is 25.7 Å². The van der Waals surface area contributed by atoms with E-state index in [2.05, 4.69) is 31.0 Å². The van der Waals surface area contributed by atoms with Crippen molar-refractivity contribution in [3.63, 3.8) is 0 Å². The first-order valence-electron chi connectivity index (χ1n) is 16.8. The second-order valence-corrected chi connectivity index (χ2v) is 13.0. The largest absolute Gasteiger partial charge is 0.324 e. The number of hydrogen-bond acceptors (Lipinski definition) is 3. The number of benzene rings is 2. The van der Waals surface area contributed by atoms with Gasteiger partial charge in [0.25, 0.3) is 0 Å². The summed E-state index contributed by atoms with van der Waals surface area (Å²) in [5.41, 5.74) is 5.24. The van der Waals surface area contributed by atoms with Crippen molar-refractivity contribution in [2.75, 3.05) is 51.1 Å². The maximum atomic E-state index is 13.2. The summed E-state index contributed by atoms with van der Waals surface area (Å²) in [5, 5.41) is 3.84. The standard InChI is InChI=1S/C37H58ClN3O2/c1-7-10-25-41(9-3,29-33(42)27-34-30(4)19-18-22-35(34)38)26-16-14-12-11-13-15-24-40(23-8-2)28-36(43)39-37-31(5)20-17-21-32(37)6/h17-22H,7-16,23-29H2,1-6H3/p+1. The zero-order valence-electron chi connectivity index (χ0n) is 28.1. The van der Waals surface area contributed by atoms with Crippen LogP contribution in [0.5, 0.6) is 0 Å². The number of quaternary nitrogens is 1. The van der Waals surface area contributed by atoms with Crippen molar-refractivity contribution in [2.24, 2.45) is 0 Å². The molecule has 0 aliphatic rings. The molecule has 2 aromatic rings. The average Bonchev–Trinajstić information content (AvgIpc) is 2.97. The molecule has 6 heteroatoms. The van der Waals surface area contributed by atoms with E-state index in [0.717, 1.165) is 97.3 Å². The number of nitrogens with zero attached hydrogens (tertiary/aromatic N) is 2. The first kappa shape index (κ1) is 37.0. The third-order valence-electron chi connectivity index (χ3n) is 8.91. The van der Waals surface area contributed by atoms with Crippen LogP contribution >= 0.6 is 11.6 Å². The molecular formula is C37H59ClN3O2+. The highest BCUT2D eigenvalue weighted by molar-refractivity contribution is 6.31. The highest BCUT2D eigenvalue weighted by Crippen LogP contribution is 2.22. The number of carbonyl (C=O) groups is 2. The van der Waals surface area contributed by atoms with E-state index < -0.39 is 0 Å². The summed E-state index contributed by atoms with van der Waals surface area (Å²) in [4.78, 5) is 28.3. The summed E-state index contributed by atoms with van der Waals surface area (Å²) in [5.74, 6) is 0.375. The van der Waals surface area contributed by atoms with E-state index in [0.29, 0.717) is 30.3 Å². The molecule has 0 aliphatic heterocycles. The van der Waals surface area contributed by atoms with Gasteiger partial charge in [0, 0.05) is 17.1 Å². The number of anilines is 1. The number of unbranched alkanes of at least 4 members (excludes halogenated alkanes) is 6. The zero-order chi connectivity index (χ0) is 31.7. The van der Waals surface area contributed by atoms with Crippen LogP contribution in [0, 0.1) is 20.8 Å². The fourth-order valence-corrected chi connectivity index (χ4v) is 6.47. The van der Waals surface area contributed by atoms with Crippen LogP contribution in [0.15, 0.2) is 36.4 Å². The molecule has 0 fully saturated rings. The lowest BCUT2D eigenvalue weighted by Gasteiger charge is -2.37. The predicted octanol–water partition coefficient (Wildman–Crippen LogP) is 8.70. The van der Waals surface area contributed by atoms with Gasteiger partial charge in [0.05, 0.1) is 26.2 Å². The zero-order valence-corrected chi connectivity index (χ0v) is 28.8. The van der Waals surface area contributed by atoms with Crippen LogP contribution in [0.3, 0.4) is 0 Å². The number of amides is 1. The van der Waals surface area contributed by atoms with Gasteiger partial charge in [-0.1, -0.05) is 81.5 Å². The van der Waals surface area contributed by atoms with E-state index in [1.54, 1.807) is 0 Å². The van der Waals surface area contributed by atoms with Crippen LogP contribution in [0.25, 0.3) is 0 Å². The van der Waals surface area contributed by atoms with Crippen molar-refractivity contribution < 1.29 is 14.1 Å². The van der Waals surface area contributed by atoms with Gasteiger partial charge in [-0.05, 0) is 101 Å². The maximum Gasteiger partial charge on any atom is 0.238 e. The van der Waals surface area contributed by atoms with E-state index in [4.69, 9.17) is 11.6 Å². The Morgan fingerprint density at radius 3 is 2.00 bits per heavy atom. The van der Waals surface area contributed by atoms with Crippen molar-refractivity contribution in [2.45, 2.75) is 106 Å². The molecular weight excluding hydrogens is 554 g/mol. The molecule has 5 nitrogen and oxygen atoms in total. The smallest absolute Gasteiger partial charge is 0.238 e. The molecule has 0 aromatic heterocycles. The summed E-state index contributed by atoms with van der Waals surface area (Å²) in [6, 6.07) is 12.0. The Labute approximate surface area is 268 Å². The van der Waals surface area contributed by atoms with Crippen LogP contribution in [0.4, 0.5) is 5.69 Å². The number of halogens is 1. The molecule has 43 heavy (non-hydrogen) atoms. The Hall–Kier alpha value is -2.21. The SMILES string of the molecule is CCCC[N+](CC)(CCCCCCCCN(CCC)CC(=O)Nc1c(C)cccc1C)CC(=O)Cc1c(C)cccc1Cl. The van der Waals surface area contributed by atoms with Crippen molar-refractivity contribution >= 4 is 29.0 Å². The van der Waals surface area contributed by atoms with Gasteiger partial charge in [0.1, 0.15) is 6.54 Å². The van der Waals surface area contributed by atoms with E-state index in [9.17, 15) is 9.59 Å². The van der Waals surface area contributed by atoms with Gasteiger partial charge in [-0.3, -0.25) is 14.5 Å². The highest BCUT2D eigenvalue weighted by Gasteiger charge is 2.28. The fraction of sp³-hybridized carbons (Fsp3) is 0.622. The Balaban J connectivity index is 1.75. The minimum Gasteiger partial charge on any atom is -0.324 e. The Morgan fingerprint density at radius 1 is 0.767 bits per heavy atom. The highest BCUT2D eigenvalue weighted by atomic mass is 35.5. The quantitative estimate of drug-likeness (QED) is 0.107. The van der Waals surface area contributed by atoms with Crippen LogP contribution < -0.4 is 5.32 Å². The molecule has 0 saturated heterocycles. The molecule has 1 amide bonds. The number of likely N-dealkylation sites (N-methyl/N-ethyl adjacent to an activating group) is 1. The molecule has 0 bridgehead atoms. The number of rotatable bonds is 22. The molecule has 2 rings (SSSR count). The van der Waals surface area contributed by atoms with Gasteiger partial charge in [-0.25, -0.2) is 0 Å². The van der Waals surface area contributed by atoms with Gasteiger partial charge < -0.3 is 9.80 Å². The number of carbonyl (C=O) groups excluding carboxylic acids is 2. The topological polar surface area (TPSA) is 49.4 Å². The first-order valence-corrected chi connectivity index (χ1v) is 17.2. The minimum absolute atomic E-state index is 0.0759. The number of hydrogen-bond donors (Lipinski definition) is 1. The van der Waals surface area contributed by atoms with E-state index >= 15 is 0 Å². The molecule has 240 valence electrons.